The summed E-state index contributed by atoms with van der Waals surface area (Å²) in [6.07, 6.45) is 1.89. The van der Waals surface area contributed by atoms with Crippen LogP contribution >= 0.6 is 0 Å². The van der Waals surface area contributed by atoms with E-state index in [0.717, 1.165) is 24.9 Å². The van der Waals surface area contributed by atoms with Crippen LogP contribution in [0.5, 0.6) is 0 Å². The summed E-state index contributed by atoms with van der Waals surface area (Å²) in [5.41, 5.74) is 3.75. The summed E-state index contributed by atoms with van der Waals surface area (Å²) in [4.78, 5) is 14.4. The normalized spacial score (nSPS) is 22.3. The zero-order chi connectivity index (χ0) is 14.9. The van der Waals surface area contributed by atoms with Gasteiger partial charge in [0.15, 0.2) is 0 Å². The summed E-state index contributed by atoms with van der Waals surface area (Å²) in [6.45, 7) is 1.13. The van der Waals surface area contributed by atoms with E-state index in [-0.39, 0.29) is 12.1 Å². The van der Waals surface area contributed by atoms with Crippen LogP contribution in [-0.2, 0) is 11.3 Å². The lowest BCUT2D eigenvalue weighted by atomic mass is 9.96. The Kier molecular flexibility index (Phi) is 3.34. The Balaban J connectivity index is 1.48. The molecule has 2 atom stereocenters. The van der Waals surface area contributed by atoms with E-state index in [1.165, 1.54) is 11.1 Å². The molecule has 2 aliphatic rings. The van der Waals surface area contributed by atoms with Crippen molar-refractivity contribution in [2.45, 2.75) is 31.4 Å². The van der Waals surface area contributed by atoms with Crippen molar-refractivity contribution in [3.63, 3.8) is 0 Å². The van der Waals surface area contributed by atoms with Gasteiger partial charge in [0.25, 0.3) is 0 Å². The average Bonchev–Trinajstić information content (AvgIpc) is 2.87. The van der Waals surface area contributed by atoms with Crippen LogP contribution in [0, 0.1) is 0 Å². The lowest BCUT2D eigenvalue weighted by molar-refractivity contribution is 0.0694. The van der Waals surface area contributed by atoms with Crippen LogP contribution < -0.4 is 0 Å². The van der Waals surface area contributed by atoms with Gasteiger partial charge in [0.2, 0.25) is 0 Å². The Hall–Kier alpha value is -2.29. The van der Waals surface area contributed by atoms with Crippen LogP contribution in [0.25, 0.3) is 0 Å². The number of benzene rings is 2. The van der Waals surface area contributed by atoms with E-state index in [9.17, 15) is 4.79 Å². The molecule has 1 aliphatic carbocycles. The Morgan fingerprint density at radius 2 is 1.77 bits per heavy atom. The molecule has 3 heteroatoms. The third-order valence-corrected chi connectivity index (χ3v) is 4.84. The highest BCUT2D eigenvalue weighted by Gasteiger charge is 2.41. The number of fused-ring (bicyclic) bond motifs is 5. The summed E-state index contributed by atoms with van der Waals surface area (Å²) < 4.78 is 5.52. The van der Waals surface area contributed by atoms with E-state index >= 15 is 0 Å². The number of piperidine rings is 1. The molecule has 0 N–H and O–H groups in total. The van der Waals surface area contributed by atoms with Crippen LogP contribution in [0.1, 0.15) is 41.5 Å². The second-order valence-electron chi connectivity index (χ2n) is 6.10. The number of carbonyl (C=O) groups is 1. The summed E-state index contributed by atoms with van der Waals surface area (Å²) in [5.74, 6) is 0.611. The Bertz CT molecular complexity index is 683. The molecule has 0 aromatic heterocycles. The van der Waals surface area contributed by atoms with E-state index in [4.69, 9.17) is 4.74 Å². The number of amides is 1. The number of rotatable bonds is 2. The highest BCUT2D eigenvalue weighted by molar-refractivity contribution is 5.69. The van der Waals surface area contributed by atoms with E-state index in [0.29, 0.717) is 12.5 Å². The fourth-order valence-corrected chi connectivity index (χ4v) is 3.75. The number of ether oxygens (including phenoxy) is 1. The molecule has 1 unspecified atom stereocenters. The molecule has 1 aliphatic heterocycles. The SMILES string of the molecule is O=C(OCc1ccccc1)N1CCC2C[C@H]1c1ccccc12. The van der Waals surface area contributed by atoms with E-state index in [1.54, 1.807) is 0 Å². The van der Waals surface area contributed by atoms with Crippen molar-refractivity contribution >= 4 is 6.09 Å². The minimum absolute atomic E-state index is 0.191. The molecule has 4 rings (SSSR count). The second kappa shape index (κ2) is 5.48. The van der Waals surface area contributed by atoms with Crippen LogP contribution in [0.3, 0.4) is 0 Å². The van der Waals surface area contributed by atoms with E-state index < -0.39 is 0 Å². The minimum Gasteiger partial charge on any atom is -0.445 e. The number of hydrogen-bond acceptors (Lipinski definition) is 2. The molecule has 0 spiro atoms. The van der Waals surface area contributed by atoms with Crippen molar-refractivity contribution in [3.05, 3.63) is 71.3 Å². The first kappa shape index (κ1) is 13.4. The standard InChI is InChI=1S/C19H19NO2/c21-19(22-13-14-6-2-1-3-7-14)20-11-10-15-12-18(20)17-9-5-4-8-16(15)17/h1-9,15,18H,10-13H2/t15?,18-/m0/s1. The van der Waals surface area contributed by atoms with Gasteiger partial charge in [0.05, 0.1) is 6.04 Å². The molecular formula is C19H19NO2. The first-order chi connectivity index (χ1) is 10.8. The lowest BCUT2D eigenvalue weighted by Gasteiger charge is -2.32. The van der Waals surface area contributed by atoms with Gasteiger partial charge in [-0.1, -0.05) is 54.6 Å². The molecule has 2 aromatic rings. The highest BCUT2D eigenvalue weighted by Crippen LogP contribution is 2.48. The maximum atomic E-state index is 12.5. The molecule has 3 nitrogen and oxygen atoms in total. The first-order valence-corrected chi connectivity index (χ1v) is 7.89. The van der Waals surface area contributed by atoms with Crippen molar-refractivity contribution in [1.82, 2.24) is 4.90 Å². The Morgan fingerprint density at radius 1 is 1.05 bits per heavy atom. The highest BCUT2D eigenvalue weighted by atomic mass is 16.6. The van der Waals surface area contributed by atoms with Gasteiger partial charge >= 0.3 is 6.09 Å². The van der Waals surface area contributed by atoms with Gasteiger partial charge in [-0.3, -0.25) is 0 Å². The van der Waals surface area contributed by atoms with Gasteiger partial charge in [0.1, 0.15) is 6.61 Å². The number of hydrogen-bond donors (Lipinski definition) is 0. The van der Waals surface area contributed by atoms with Crippen molar-refractivity contribution < 1.29 is 9.53 Å². The second-order valence-corrected chi connectivity index (χ2v) is 6.10. The maximum absolute atomic E-state index is 12.5. The lowest BCUT2D eigenvalue weighted by Crippen LogP contribution is -2.37. The molecule has 22 heavy (non-hydrogen) atoms. The maximum Gasteiger partial charge on any atom is 0.410 e. The average molecular weight is 293 g/mol. The summed E-state index contributed by atoms with van der Waals surface area (Å²) >= 11 is 0. The van der Waals surface area contributed by atoms with Crippen LogP contribution in [0.4, 0.5) is 4.79 Å². The quantitative estimate of drug-likeness (QED) is 0.828. The number of likely N-dealkylation sites (tertiary alicyclic amines) is 1. The van der Waals surface area contributed by atoms with Gasteiger partial charge in [-0.05, 0) is 35.4 Å². The summed E-state index contributed by atoms with van der Waals surface area (Å²) in [5, 5.41) is 0. The zero-order valence-electron chi connectivity index (χ0n) is 12.4. The van der Waals surface area contributed by atoms with Crippen LogP contribution in [0.2, 0.25) is 0 Å². The largest absolute Gasteiger partial charge is 0.445 e. The van der Waals surface area contributed by atoms with Crippen LogP contribution in [0.15, 0.2) is 54.6 Å². The molecule has 1 amide bonds. The predicted octanol–water partition coefficient (Wildman–Crippen LogP) is 4.26. The third kappa shape index (κ3) is 2.27. The molecule has 0 saturated carbocycles. The molecular weight excluding hydrogens is 274 g/mol. The van der Waals surface area contributed by atoms with Crippen molar-refractivity contribution in [3.8, 4) is 0 Å². The molecule has 0 radical (unpaired) electrons. The first-order valence-electron chi connectivity index (χ1n) is 7.89. The smallest absolute Gasteiger partial charge is 0.410 e. The number of nitrogens with zero attached hydrogens (tertiary/aromatic N) is 1. The van der Waals surface area contributed by atoms with E-state index in [1.807, 2.05) is 35.2 Å². The fraction of sp³-hybridized carbons (Fsp3) is 0.316. The molecule has 2 aromatic carbocycles. The molecule has 2 bridgehead atoms. The Morgan fingerprint density at radius 3 is 2.59 bits per heavy atom. The summed E-state index contributed by atoms with van der Waals surface area (Å²) in [6, 6.07) is 18.6. The fourth-order valence-electron chi connectivity index (χ4n) is 3.75. The summed E-state index contributed by atoms with van der Waals surface area (Å²) in [7, 11) is 0. The zero-order valence-corrected chi connectivity index (χ0v) is 12.4. The molecule has 1 heterocycles. The predicted molar refractivity (Wildman–Crippen MR) is 84.5 cm³/mol. The van der Waals surface area contributed by atoms with Crippen molar-refractivity contribution in [2.75, 3.05) is 6.54 Å². The molecule has 1 saturated heterocycles. The van der Waals surface area contributed by atoms with Gasteiger partial charge < -0.3 is 9.64 Å². The van der Waals surface area contributed by atoms with Crippen LogP contribution in [-0.4, -0.2) is 17.5 Å². The van der Waals surface area contributed by atoms with Crippen molar-refractivity contribution in [2.24, 2.45) is 0 Å². The van der Waals surface area contributed by atoms with Gasteiger partial charge in [-0.25, -0.2) is 4.79 Å². The molecule has 1 fully saturated rings. The van der Waals surface area contributed by atoms with Gasteiger partial charge in [-0.2, -0.15) is 0 Å². The van der Waals surface area contributed by atoms with E-state index in [2.05, 4.69) is 24.3 Å². The van der Waals surface area contributed by atoms with Gasteiger partial charge in [-0.15, -0.1) is 0 Å². The van der Waals surface area contributed by atoms with Crippen molar-refractivity contribution in [1.29, 1.82) is 0 Å². The molecule has 112 valence electrons. The number of carbonyl (C=O) groups excluding carboxylic acids is 1. The monoisotopic (exact) mass is 293 g/mol. The third-order valence-electron chi connectivity index (χ3n) is 4.84. The Labute approximate surface area is 130 Å². The van der Waals surface area contributed by atoms with Gasteiger partial charge in [0, 0.05) is 6.54 Å². The topological polar surface area (TPSA) is 29.5 Å². The minimum atomic E-state index is -0.191.